The maximum absolute atomic E-state index is 11.8. The summed E-state index contributed by atoms with van der Waals surface area (Å²) in [7, 11) is 1.34. The third-order valence-corrected chi connectivity index (χ3v) is 4.54. The number of hydrogen-bond acceptors (Lipinski definition) is 6. The van der Waals surface area contributed by atoms with Gasteiger partial charge in [0, 0.05) is 12.6 Å². The van der Waals surface area contributed by atoms with Crippen molar-refractivity contribution in [1.82, 2.24) is 9.97 Å². The Balaban J connectivity index is 1.80. The van der Waals surface area contributed by atoms with Crippen LogP contribution in [0.1, 0.15) is 27.3 Å². The summed E-state index contributed by atoms with van der Waals surface area (Å²) in [5.74, 6) is 1.44. The van der Waals surface area contributed by atoms with Crippen molar-refractivity contribution in [3.05, 3.63) is 76.1 Å². The lowest BCUT2D eigenvalue weighted by molar-refractivity contribution is 0.0601. The first kappa shape index (κ1) is 19.6. The van der Waals surface area contributed by atoms with Crippen LogP contribution in [-0.4, -0.2) is 23.0 Å². The molecule has 0 aliphatic rings. The second-order valence-corrected chi connectivity index (χ2v) is 6.68. The van der Waals surface area contributed by atoms with E-state index in [9.17, 15) is 4.79 Å². The predicted molar refractivity (Wildman–Crippen MR) is 111 cm³/mol. The molecule has 1 aromatic heterocycles. The smallest absolute Gasteiger partial charge is 0.337 e. The number of aromatic nitrogens is 2. The van der Waals surface area contributed by atoms with E-state index in [1.165, 1.54) is 18.2 Å². The molecule has 6 nitrogen and oxygen atoms in total. The van der Waals surface area contributed by atoms with Gasteiger partial charge in [-0.2, -0.15) is 0 Å². The number of esters is 1. The molecule has 2 N–H and O–H groups in total. The number of methoxy groups -OCH3 is 1. The van der Waals surface area contributed by atoms with Crippen LogP contribution in [0.3, 0.4) is 0 Å². The number of aryl methyl sites for hydroxylation is 2. The molecule has 7 heteroatoms. The fraction of sp³-hybridized carbons (Fsp3) is 0.190. The minimum Gasteiger partial charge on any atom is -0.465 e. The van der Waals surface area contributed by atoms with Gasteiger partial charge in [-0.25, -0.2) is 14.8 Å². The maximum Gasteiger partial charge on any atom is 0.337 e. The quantitative estimate of drug-likeness (QED) is 0.578. The number of benzene rings is 2. The van der Waals surface area contributed by atoms with Crippen molar-refractivity contribution < 1.29 is 9.53 Å². The Labute approximate surface area is 168 Å². The summed E-state index contributed by atoms with van der Waals surface area (Å²) in [6, 6.07) is 14.9. The van der Waals surface area contributed by atoms with E-state index >= 15 is 0 Å². The maximum atomic E-state index is 11.8. The molecule has 0 bridgehead atoms. The van der Waals surface area contributed by atoms with E-state index in [0.717, 1.165) is 0 Å². The zero-order valence-electron chi connectivity index (χ0n) is 15.9. The monoisotopic (exact) mass is 396 g/mol. The molecule has 144 valence electrons. The molecule has 0 radical (unpaired) electrons. The number of ether oxygens (including phenoxy) is 1. The third-order valence-electron chi connectivity index (χ3n) is 4.21. The first-order valence-electron chi connectivity index (χ1n) is 8.75. The van der Waals surface area contributed by atoms with Gasteiger partial charge < -0.3 is 15.4 Å². The van der Waals surface area contributed by atoms with Crippen LogP contribution in [0, 0.1) is 13.8 Å². The van der Waals surface area contributed by atoms with Crippen molar-refractivity contribution in [3.8, 4) is 0 Å². The van der Waals surface area contributed by atoms with Crippen LogP contribution in [0.4, 0.5) is 17.3 Å². The van der Waals surface area contributed by atoms with Gasteiger partial charge in [-0.15, -0.1) is 0 Å². The van der Waals surface area contributed by atoms with Crippen LogP contribution in [-0.2, 0) is 11.3 Å². The fourth-order valence-corrected chi connectivity index (χ4v) is 2.89. The van der Waals surface area contributed by atoms with Crippen molar-refractivity contribution in [2.45, 2.75) is 20.4 Å². The molecule has 3 aromatic rings. The molecule has 0 unspecified atom stereocenters. The predicted octanol–water partition coefficient (Wildman–Crippen LogP) is 4.89. The highest BCUT2D eigenvalue weighted by Gasteiger charge is 2.11. The molecule has 0 saturated heterocycles. The Kier molecular flexibility index (Phi) is 6.11. The number of halogens is 1. The number of hydrogen-bond donors (Lipinski definition) is 2. The van der Waals surface area contributed by atoms with Gasteiger partial charge in [0.05, 0.1) is 23.4 Å². The lowest BCUT2D eigenvalue weighted by Crippen LogP contribution is -2.06. The summed E-state index contributed by atoms with van der Waals surface area (Å²) in [4.78, 5) is 20.6. The minimum absolute atomic E-state index is 0.401. The van der Waals surface area contributed by atoms with E-state index in [4.69, 9.17) is 16.3 Å². The van der Waals surface area contributed by atoms with Gasteiger partial charge in [-0.1, -0.05) is 35.9 Å². The van der Waals surface area contributed by atoms with Crippen molar-refractivity contribution >= 4 is 34.9 Å². The number of anilines is 3. The van der Waals surface area contributed by atoms with Crippen LogP contribution >= 0.6 is 11.6 Å². The largest absolute Gasteiger partial charge is 0.465 e. The Morgan fingerprint density at radius 1 is 1.07 bits per heavy atom. The van der Waals surface area contributed by atoms with Gasteiger partial charge in [0.1, 0.15) is 17.5 Å². The average Bonchev–Trinajstić information content (AvgIpc) is 2.68. The van der Waals surface area contributed by atoms with Gasteiger partial charge in [-0.3, -0.25) is 0 Å². The molecular formula is C21H21ClN4O2. The van der Waals surface area contributed by atoms with Gasteiger partial charge >= 0.3 is 5.97 Å². The van der Waals surface area contributed by atoms with Gasteiger partial charge in [0.25, 0.3) is 0 Å². The topological polar surface area (TPSA) is 76.1 Å². The number of nitrogens with zero attached hydrogens (tertiary/aromatic N) is 2. The van der Waals surface area contributed by atoms with E-state index in [1.54, 1.807) is 24.3 Å². The second-order valence-electron chi connectivity index (χ2n) is 6.28. The van der Waals surface area contributed by atoms with E-state index in [1.807, 2.05) is 19.1 Å². The van der Waals surface area contributed by atoms with E-state index < -0.39 is 5.97 Å². The minimum atomic E-state index is -0.431. The molecule has 0 aliphatic heterocycles. The molecule has 2 aromatic carbocycles. The molecule has 0 fully saturated rings. The van der Waals surface area contributed by atoms with Crippen LogP contribution < -0.4 is 10.6 Å². The highest BCUT2D eigenvalue weighted by molar-refractivity contribution is 6.33. The normalized spacial score (nSPS) is 10.4. The summed E-state index contributed by atoms with van der Waals surface area (Å²) in [5.41, 5.74) is 3.37. The standard InChI is InChI=1S/C21H21ClN4O2/c1-13-6-4-5-7-16(13)12-23-19-11-20(25-14(2)24-19)26-18-10-15(21(27)28-3)8-9-17(18)22/h4-11H,12H2,1-3H3,(H2,23,24,25,26). The van der Waals surface area contributed by atoms with Crippen molar-refractivity contribution in [2.24, 2.45) is 0 Å². The molecule has 0 amide bonds. The summed E-state index contributed by atoms with van der Waals surface area (Å²) in [5, 5.41) is 6.95. The summed E-state index contributed by atoms with van der Waals surface area (Å²) in [6.07, 6.45) is 0. The molecule has 0 spiro atoms. The third kappa shape index (κ3) is 4.78. The van der Waals surface area contributed by atoms with Crippen molar-refractivity contribution in [1.29, 1.82) is 0 Å². The Bertz CT molecular complexity index is 1010. The lowest BCUT2D eigenvalue weighted by Gasteiger charge is -2.13. The van der Waals surface area contributed by atoms with E-state index in [2.05, 4.69) is 39.7 Å². The zero-order valence-corrected chi connectivity index (χ0v) is 16.7. The number of nitrogens with one attached hydrogen (secondary N) is 2. The molecule has 0 saturated carbocycles. The molecular weight excluding hydrogens is 376 g/mol. The number of carbonyl (C=O) groups excluding carboxylic acids is 1. The SMILES string of the molecule is COC(=O)c1ccc(Cl)c(Nc2cc(NCc3ccccc3C)nc(C)n2)c1. The van der Waals surface area contributed by atoms with E-state index in [0.29, 0.717) is 40.3 Å². The summed E-state index contributed by atoms with van der Waals surface area (Å²) in [6.45, 7) is 4.54. The first-order valence-corrected chi connectivity index (χ1v) is 9.13. The molecule has 1 heterocycles. The van der Waals surface area contributed by atoms with Gasteiger partial charge in [0.2, 0.25) is 0 Å². The van der Waals surface area contributed by atoms with Crippen LogP contribution in [0.5, 0.6) is 0 Å². The van der Waals surface area contributed by atoms with E-state index in [-0.39, 0.29) is 0 Å². The molecule has 0 atom stereocenters. The second kappa shape index (κ2) is 8.71. The highest BCUT2D eigenvalue weighted by Crippen LogP contribution is 2.27. The average molecular weight is 397 g/mol. The lowest BCUT2D eigenvalue weighted by atomic mass is 10.1. The van der Waals surface area contributed by atoms with Crippen LogP contribution in [0.15, 0.2) is 48.5 Å². The highest BCUT2D eigenvalue weighted by atomic mass is 35.5. The molecule has 0 aliphatic carbocycles. The fourth-order valence-electron chi connectivity index (χ4n) is 2.72. The zero-order chi connectivity index (χ0) is 20.1. The Hall–Kier alpha value is -3.12. The van der Waals surface area contributed by atoms with Crippen LogP contribution in [0.25, 0.3) is 0 Å². The number of carbonyl (C=O) groups is 1. The molecule has 28 heavy (non-hydrogen) atoms. The molecule has 3 rings (SSSR count). The van der Waals surface area contributed by atoms with Crippen molar-refractivity contribution in [3.63, 3.8) is 0 Å². The summed E-state index contributed by atoms with van der Waals surface area (Å²) < 4.78 is 4.76. The van der Waals surface area contributed by atoms with Gasteiger partial charge in [-0.05, 0) is 43.2 Å². The van der Waals surface area contributed by atoms with Crippen LogP contribution in [0.2, 0.25) is 5.02 Å². The number of rotatable bonds is 6. The van der Waals surface area contributed by atoms with Crippen molar-refractivity contribution in [2.75, 3.05) is 17.7 Å². The van der Waals surface area contributed by atoms with Gasteiger partial charge in [0.15, 0.2) is 0 Å². The first-order chi connectivity index (χ1) is 13.5. The Morgan fingerprint density at radius 3 is 2.57 bits per heavy atom. The Morgan fingerprint density at radius 2 is 1.82 bits per heavy atom. The summed E-state index contributed by atoms with van der Waals surface area (Å²) >= 11 is 6.26.